The Bertz CT molecular complexity index is 525. The zero-order valence-electron chi connectivity index (χ0n) is 11.3. The third-order valence-electron chi connectivity index (χ3n) is 3.70. The quantitative estimate of drug-likeness (QED) is 0.831. The van der Waals surface area contributed by atoms with E-state index in [2.05, 4.69) is 10.3 Å². The topological polar surface area (TPSA) is 79.3 Å². The normalized spacial score (nSPS) is 17.2. The number of amides is 1. The molecule has 1 fully saturated rings. The zero-order chi connectivity index (χ0) is 15.4. The molecule has 1 saturated carbocycles. The number of rotatable bonds is 4. The first-order valence-corrected chi connectivity index (χ1v) is 7.59. The number of aliphatic carboxylic acids is 1. The van der Waals surface area contributed by atoms with Gasteiger partial charge in [-0.1, -0.05) is 42.5 Å². The van der Waals surface area contributed by atoms with Gasteiger partial charge >= 0.3 is 5.97 Å². The molecular weight excluding hydrogens is 315 g/mol. The molecule has 2 rings (SSSR count). The van der Waals surface area contributed by atoms with E-state index >= 15 is 0 Å². The van der Waals surface area contributed by atoms with Gasteiger partial charge in [0.15, 0.2) is 0 Å². The second kappa shape index (κ2) is 7.09. The molecule has 7 heteroatoms. The summed E-state index contributed by atoms with van der Waals surface area (Å²) in [7, 11) is 0. The molecule has 0 aliphatic heterocycles. The van der Waals surface area contributed by atoms with Crippen molar-refractivity contribution >= 4 is 35.1 Å². The molecule has 0 spiro atoms. The first-order chi connectivity index (χ1) is 9.97. The molecule has 1 aliphatic rings. The maximum absolute atomic E-state index is 12.2. The molecule has 1 amide bonds. The molecule has 0 bridgehead atoms. The molecule has 1 aromatic heterocycles. The Labute approximate surface area is 132 Å². The van der Waals surface area contributed by atoms with Crippen LogP contribution in [0.15, 0.2) is 12.1 Å². The molecule has 1 aromatic rings. The number of nitrogens with zero attached hydrogens (tertiary/aromatic N) is 1. The van der Waals surface area contributed by atoms with Crippen molar-refractivity contribution in [1.82, 2.24) is 10.3 Å². The Balaban J connectivity index is 2.12. The van der Waals surface area contributed by atoms with Crippen LogP contribution in [0, 0.1) is 5.92 Å². The largest absolute Gasteiger partial charge is 0.480 e. The molecule has 0 radical (unpaired) electrons. The monoisotopic (exact) mass is 330 g/mol. The Morgan fingerprint density at radius 3 is 2.29 bits per heavy atom. The van der Waals surface area contributed by atoms with Crippen LogP contribution >= 0.6 is 23.2 Å². The van der Waals surface area contributed by atoms with E-state index in [0.29, 0.717) is 0 Å². The number of hydrogen-bond acceptors (Lipinski definition) is 3. The lowest BCUT2D eigenvalue weighted by Gasteiger charge is -2.28. The van der Waals surface area contributed by atoms with E-state index in [1.807, 2.05) is 0 Å². The number of halogens is 2. The molecule has 5 nitrogen and oxygen atoms in total. The highest BCUT2D eigenvalue weighted by atomic mass is 35.5. The Hall–Kier alpha value is -1.33. The maximum Gasteiger partial charge on any atom is 0.326 e. The van der Waals surface area contributed by atoms with Gasteiger partial charge in [-0.2, -0.15) is 0 Å². The van der Waals surface area contributed by atoms with Crippen LogP contribution in [0.25, 0.3) is 0 Å². The molecule has 21 heavy (non-hydrogen) atoms. The van der Waals surface area contributed by atoms with Gasteiger partial charge in [-0.25, -0.2) is 9.78 Å². The highest BCUT2D eigenvalue weighted by Gasteiger charge is 2.31. The third-order valence-corrected chi connectivity index (χ3v) is 4.09. The van der Waals surface area contributed by atoms with Crippen LogP contribution in [-0.2, 0) is 4.79 Å². The van der Waals surface area contributed by atoms with Gasteiger partial charge in [0.25, 0.3) is 5.91 Å². The molecule has 1 unspecified atom stereocenters. The van der Waals surface area contributed by atoms with Gasteiger partial charge in [0.1, 0.15) is 16.3 Å². The van der Waals surface area contributed by atoms with Gasteiger partial charge in [0.2, 0.25) is 0 Å². The van der Waals surface area contributed by atoms with Crippen LogP contribution in [0.1, 0.15) is 42.5 Å². The molecular formula is C14H16Cl2N2O3. The van der Waals surface area contributed by atoms with Crippen LogP contribution in [-0.4, -0.2) is 28.0 Å². The minimum atomic E-state index is -1.01. The number of carbonyl (C=O) groups is 2. The number of carboxylic acids is 1. The van der Waals surface area contributed by atoms with E-state index in [1.54, 1.807) is 0 Å². The number of pyridine rings is 1. The summed E-state index contributed by atoms with van der Waals surface area (Å²) in [5, 5.41) is 12.1. The Kier molecular flexibility index (Phi) is 5.42. The summed E-state index contributed by atoms with van der Waals surface area (Å²) in [5.41, 5.74) is 0.210. The van der Waals surface area contributed by atoms with Gasteiger partial charge < -0.3 is 10.4 Å². The summed E-state index contributed by atoms with van der Waals surface area (Å²) in [5.74, 6) is -1.55. The zero-order valence-corrected chi connectivity index (χ0v) is 12.8. The van der Waals surface area contributed by atoms with E-state index in [9.17, 15) is 14.7 Å². The number of nitrogens with one attached hydrogen (secondary N) is 1. The van der Waals surface area contributed by atoms with Crippen molar-refractivity contribution in [3.63, 3.8) is 0 Å². The first-order valence-electron chi connectivity index (χ1n) is 6.84. The molecule has 0 aromatic carbocycles. The first kappa shape index (κ1) is 16.0. The summed E-state index contributed by atoms with van der Waals surface area (Å²) >= 11 is 11.5. The van der Waals surface area contributed by atoms with Crippen LogP contribution in [0.5, 0.6) is 0 Å². The van der Waals surface area contributed by atoms with Crippen molar-refractivity contribution in [3.05, 3.63) is 28.0 Å². The fraction of sp³-hybridized carbons (Fsp3) is 0.500. The third kappa shape index (κ3) is 4.32. The number of carbonyl (C=O) groups excluding carboxylic acids is 1. The van der Waals surface area contributed by atoms with Crippen LogP contribution < -0.4 is 5.32 Å². The molecule has 1 aliphatic carbocycles. The summed E-state index contributed by atoms with van der Waals surface area (Å²) in [4.78, 5) is 27.4. The molecule has 1 heterocycles. The predicted molar refractivity (Wildman–Crippen MR) is 79.7 cm³/mol. The fourth-order valence-electron chi connectivity index (χ4n) is 2.67. The standard InChI is InChI=1S/C14H16Cl2N2O3/c15-10-6-9(7-11(16)17-10)13(19)18-12(14(20)21)8-4-2-1-3-5-8/h6-8,12H,1-5H2,(H,18,19)(H,20,21). The summed E-state index contributed by atoms with van der Waals surface area (Å²) < 4.78 is 0. The van der Waals surface area contributed by atoms with Crippen molar-refractivity contribution in [2.45, 2.75) is 38.1 Å². The van der Waals surface area contributed by atoms with Crippen LogP contribution in [0.4, 0.5) is 0 Å². The van der Waals surface area contributed by atoms with Gasteiger partial charge in [0, 0.05) is 5.56 Å². The lowest BCUT2D eigenvalue weighted by molar-refractivity contribution is -0.141. The highest BCUT2D eigenvalue weighted by Crippen LogP contribution is 2.27. The van der Waals surface area contributed by atoms with Gasteiger partial charge in [-0.3, -0.25) is 4.79 Å². The predicted octanol–water partition coefficient (Wildman–Crippen LogP) is 3.15. The second-order valence-electron chi connectivity index (χ2n) is 5.19. The van der Waals surface area contributed by atoms with E-state index in [0.717, 1.165) is 32.1 Å². The molecule has 114 valence electrons. The lowest BCUT2D eigenvalue weighted by atomic mass is 9.84. The molecule has 1 atom stereocenters. The highest BCUT2D eigenvalue weighted by molar-refractivity contribution is 6.33. The minimum Gasteiger partial charge on any atom is -0.480 e. The van der Waals surface area contributed by atoms with Gasteiger partial charge in [-0.05, 0) is 30.9 Å². The van der Waals surface area contributed by atoms with E-state index in [1.165, 1.54) is 12.1 Å². The van der Waals surface area contributed by atoms with Crippen molar-refractivity contribution in [2.24, 2.45) is 5.92 Å². The Morgan fingerprint density at radius 1 is 1.19 bits per heavy atom. The average Bonchev–Trinajstić information content (AvgIpc) is 2.44. The van der Waals surface area contributed by atoms with E-state index < -0.39 is 17.9 Å². The molecule has 0 saturated heterocycles. The van der Waals surface area contributed by atoms with Crippen molar-refractivity contribution in [1.29, 1.82) is 0 Å². The fourth-order valence-corrected chi connectivity index (χ4v) is 3.13. The Morgan fingerprint density at radius 2 is 1.76 bits per heavy atom. The van der Waals surface area contributed by atoms with Crippen LogP contribution in [0.2, 0.25) is 10.3 Å². The SMILES string of the molecule is O=C(NC(C(=O)O)C1CCCCC1)c1cc(Cl)nc(Cl)c1. The lowest BCUT2D eigenvalue weighted by Crippen LogP contribution is -2.46. The van der Waals surface area contributed by atoms with Gasteiger partial charge in [-0.15, -0.1) is 0 Å². The van der Waals surface area contributed by atoms with Crippen molar-refractivity contribution in [3.8, 4) is 0 Å². The van der Waals surface area contributed by atoms with Gasteiger partial charge in [0.05, 0.1) is 0 Å². The van der Waals surface area contributed by atoms with E-state index in [4.69, 9.17) is 23.2 Å². The summed E-state index contributed by atoms with van der Waals surface area (Å²) in [6, 6.07) is 1.84. The van der Waals surface area contributed by atoms with E-state index in [-0.39, 0.29) is 21.8 Å². The van der Waals surface area contributed by atoms with Crippen molar-refractivity contribution < 1.29 is 14.7 Å². The molecule has 2 N–H and O–H groups in total. The number of hydrogen-bond donors (Lipinski definition) is 2. The summed E-state index contributed by atoms with van der Waals surface area (Å²) in [6.07, 6.45) is 4.74. The minimum absolute atomic E-state index is 0.0343. The number of carboxylic acid groups (broad SMARTS) is 1. The van der Waals surface area contributed by atoms with Crippen molar-refractivity contribution in [2.75, 3.05) is 0 Å². The number of aromatic nitrogens is 1. The van der Waals surface area contributed by atoms with Crippen LogP contribution in [0.3, 0.4) is 0 Å². The smallest absolute Gasteiger partial charge is 0.326 e. The second-order valence-corrected chi connectivity index (χ2v) is 5.96. The average molecular weight is 331 g/mol. The maximum atomic E-state index is 12.2. The summed E-state index contributed by atoms with van der Waals surface area (Å²) in [6.45, 7) is 0.